The summed E-state index contributed by atoms with van der Waals surface area (Å²) in [4.78, 5) is 1.71. The van der Waals surface area contributed by atoms with Crippen molar-refractivity contribution in [3.8, 4) is 0 Å². The first-order chi connectivity index (χ1) is 6.52. The van der Waals surface area contributed by atoms with Crippen LogP contribution in [0.2, 0.25) is 0 Å². The number of rotatable bonds is 4. The number of benzene rings is 1. The summed E-state index contributed by atoms with van der Waals surface area (Å²) in [6.07, 6.45) is 0. The lowest BCUT2D eigenvalue weighted by molar-refractivity contribution is 0.286. The van der Waals surface area contributed by atoms with E-state index in [2.05, 4.69) is 5.32 Å². The number of hydrogen-bond acceptors (Lipinski definition) is 2. The van der Waals surface area contributed by atoms with Gasteiger partial charge in [0.1, 0.15) is 0 Å². The zero-order chi connectivity index (χ0) is 10.6. The van der Waals surface area contributed by atoms with Crippen molar-refractivity contribution in [2.24, 2.45) is 0 Å². The predicted molar refractivity (Wildman–Crippen MR) is 61.4 cm³/mol. The molecule has 0 atom stereocenters. The van der Waals surface area contributed by atoms with Crippen molar-refractivity contribution in [1.82, 2.24) is 10.2 Å². The molecule has 2 nitrogen and oxygen atoms in total. The number of hydrogen-bond donors (Lipinski definition) is 1. The van der Waals surface area contributed by atoms with Gasteiger partial charge in [0.15, 0.2) is 0 Å². The van der Waals surface area contributed by atoms with Crippen LogP contribution in [0.5, 0.6) is 0 Å². The highest BCUT2D eigenvalue weighted by atomic mass is 35.5. The van der Waals surface area contributed by atoms with Crippen LogP contribution in [0.25, 0.3) is 0 Å². The summed E-state index contributed by atoms with van der Waals surface area (Å²) in [5.41, 5.74) is 1.15. The first-order valence-electron chi connectivity index (χ1n) is 4.36. The van der Waals surface area contributed by atoms with Gasteiger partial charge in [-0.05, 0) is 19.7 Å². The van der Waals surface area contributed by atoms with E-state index in [-0.39, 0.29) is 0 Å². The third-order valence-corrected chi connectivity index (χ3v) is 2.85. The van der Waals surface area contributed by atoms with Crippen LogP contribution in [0.15, 0.2) is 30.3 Å². The highest BCUT2D eigenvalue weighted by molar-refractivity contribution is 6.47. The number of nitrogens with one attached hydrogen (secondary N) is 1. The molecule has 0 radical (unpaired) electrons. The van der Waals surface area contributed by atoms with Crippen molar-refractivity contribution in [2.45, 2.75) is 11.1 Å². The average molecular weight is 233 g/mol. The minimum Gasteiger partial charge on any atom is -0.269 e. The molecule has 0 fully saturated rings. The molecule has 0 aliphatic carbocycles. The summed E-state index contributed by atoms with van der Waals surface area (Å²) >= 11 is 12.0. The molecular weight excluding hydrogens is 219 g/mol. The first-order valence-corrected chi connectivity index (χ1v) is 5.12. The minimum atomic E-state index is -1.02. The maximum absolute atomic E-state index is 6.00. The molecule has 0 saturated carbocycles. The lowest BCUT2D eigenvalue weighted by Gasteiger charge is -2.28. The van der Waals surface area contributed by atoms with Crippen molar-refractivity contribution in [3.05, 3.63) is 35.9 Å². The second kappa shape index (κ2) is 4.99. The molecule has 0 bridgehead atoms. The van der Waals surface area contributed by atoms with Gasteiger partial charge in [-0.3, -0.25) is 10.2 Å². The van der Waals surface area contributed by atoms with Gasteiger partial charge >= 0.3 is 0 Å². The van der Waals surface area contributed by atoms with Crippen LogP contribution in [0.1, 0.15) is 5.56 Å². The van der Waals surface area contributed by atoms with Gasteiger partial charge in [-0.25, -0.2) is 0 Å². The van der Waals surface area contributed by atoms with E-state index in [1.54, 1.807) is 4.90 Å². The minimum absolute atomic E-state index is 0.645. The van der Waals surface area contributed by atoms with Crippen molar-refractivity contribution in [3.63, 3.8) is 0 Å². The predicted octanol–water partition coefficient (Wildman–Crippen LogP) is 2.43. The zero-order valence-corrected chi connectivity index (χ0v) is 9.81. The molecule has 1 aromatic carbocycles. The monoisotopic (exact) mass is 232 g/mol. The summed E-state index contributed by atoms with van der Waals surface area (Å²) in [6, 6.07) is 9.98. The van der Waals surface area contributed by atoms with Crippen LogP contribution in [-0.4, -0.2) is 23.6 Å². The van der Waals surface area contributed by atoms with E-state index < -0.39 is 4.58 Å². The van der Waals surface area contributed by atoms with Crippen LogP contribution < -0.4 is 5.32 Å². The fourth-order valence-electron chi connectivity index (χ4n) is 0.962. The van der Waals surface area contributed by atoms with E-state index >= 15 is 0 Å². The van der Waals surface area contributed by atoms with Crippen LogP contribution >= 0.6 is 23.2 Å². The van der Waals surface area contributed by atoms with Crippen molar-refractivity contribution in [2.75, 3.05) is 14.1 Å². The van der Waals surface area contributed by atoms with Gasteiger partial charge in [0.2, 0.25) is 4.58 Å². The molecule has 0 amide bonds. The molecule has 1 aromatic rings. The van der Waals surface area contributed by atoms with Crippen LogP contribution in [0, 0.1) is 0 Å². The second-order valence-electron chi connectivity index (χ2n) is 3.27. The highest BCUT2D eigenvalue weighted by Crippen LogP contribution is 2.19. The number of nitrogens with zero attached hydrogens (tertiary/aromatic N) is 1. The van der Waals surface area contributed by atoms with Gasteiger partial charge in [0, 0.05) is 6.54 Å². The Bertz CT molecular complexity index is 273. The number of alkyl halides is 2. The van der Waals surface area contributed by atoms with E-state index in [0.29, 0.717) is 6.54 Å². The van der Waals surface area contributed by atoms with Crippen LogP contribution in [0.4, 0.5) is 0 Å². The molecule has 0 aliphatic heterocycles. The van der Waals surface area contributed by atoms with Crippen molar-refractivity contribution in [1.29, 1.82) is 0 Å². The molecule has 1 rings (SSSR count). The average Bonchev–Trinajstić information content (AvgIpc) is 2.16. The summed E-state index contributed by atoms with van der Waals surface area (Å²) < 4.78 is -1.02. The molecule has 1 N–H and O–H groups in total. The Morgan fingerprint density at radius 2 is 1.79 bits per heavy atom. The highest BCUT2D eigenvalue weighted by Gasteiger charge is 2.25. The van der Waals surface area contributed by atoms with Crippen LogP contribution in [0.3, 0.4) is 0 Å². The largest absolute Gasteiger partial charge is 0.269 e. The van der Waals surface area contributed by atoms with Gasteiger partial charge in [0.05, 0.1) is 0 Å². The van der Waals surface area contributed by atoms with E-state index in [9.17, 15) is 0 Å². The zero-order valence-electron chi connectivity index (χ0n) is 8.30. The van der Waals surface area contributed by atoms with Crippen LogP contribution in [-0.2, 0) is 6.54 Å². The van der Waals surface area contributed by atoms with Gasteiger partial charge in [-0.2, -0.15) is 0 Å². The van der Waals surface area contributed by atoms with Gasteiger partial charge in [0.25, 0.3) is 0 Å². The molecule has 4 heteroatoms. The molecule has 0 aliphatic rings. The first kappa shape index (κ1) is 11.8. The standard InChI is InChI=1S/C10H14Cl2N2/c1-14(2)10(11,12)13-8-9-6-4-3-5-7-9/h3-7,13H,8H2,1-2H3. The van der Waals surface area contributed by atoms with Gasteiger partial charge in [-0.1, -0.05) is 53.5 Å². The van der Waals surface area contributed by atoms with E-state index in [4.69, 9.17) is 23.2 Å². The maximum atomic E-state index is 6.00. The fourth-order valence-corrected chi connectivity index (χ4v) is 1.10. The number of halogens is 2. The Kier molecular flexibility index (Phi) is 4.20. The quantitative estimate of drug-likeness (QED) is 0.488. The fraction of sp³-hybridized carbons (Fsp3) is 0.400. The molecule has 0 aromatic heterocycles. The van der Waals surface area contributed by atoms with Crippen molar-refractivity contribution >= 4 is 23.2 Å². The topological polar surface area (TPSA) is 15.3 Å². The SMILES string of the molecule is CN(C)C(Cl)(Cl)NCc1ccccc1. The van der Waals surface area contributed by atoms with E-state index in [0.717, 1.165) is 5.56 Å². The lowest BCUT2D eigenvalue weighted by Crippen LogP contribution is -2.46. The summed E-state index contributed by atoms with van der Waals surface area (Å²) in [5, 5.41) is 3.03. The molecule has 0 saturated heterocycles. The second-order valence-corrected chi connectivity index (χ2v) is 4.56. The Hall–Kier alpha value is -0.280. The van der Waals surface area contributed by atoms with Gasteiger partial charge < -0.3 is 0 Å². The smallest absolute Gasteiger partial charge is 0.226 e. The Morgan fingerprint density at radius 1 is 1.21 bits per heavy atom. The van der Waals surface area contributed by atoms with E-state index in [1.165, 1.54) is 0 Å². The molecule has 0 heterocycles. The normalized spacial score (nSPS) is 12.1. The molecule has 14 heavy (non-hydrogen) atoms. The third kappa shape index (κ3) is 3.46. The van der Waals surface area contributed by atoms with Crippen molar-refractivity contribution < 1.29 is 0 Å². The summed E-state index contributed by atoms with van der Waals surface area (Å²) in [5.74, 6) is 0. The van der Waals surface area contributed by atoms with Gasteiger partial charge in [-0.15, -0.1) is 0 Å². The summed E-state index contributed by atoms with van der Waals surface area (Å²) in [6.45, 7) is 0.645. The Balaban J connectivity index is 2.49. The third-order valence-electron chi connectivity index (χ3n) is 1.91. The molecule has 78 valence electrons. The van der Waals surface area contributed by atoms with E-state index in [1.807, 2.05) is 44.4 Å². The Morgan fingerprint density at radius 3 is 2.29 bits per heavy atom. The lowest BCUT2D eigenvalue weighted by atomic mass is 10.2. The summed E-state index contributed by atoms with van der Waals surface area (Å²) in [7, 11) is 3.63. The molecule has 0 unspecified atom stereocenters. The Labute approximate surface area is 94.8 Å². The molecule has 0 spiro atoms. The maximum Gasteiger partial charge on any atom is 0.226 e. The molecular formula is C10H14Cl2N2.